The number of nitrogens with one attached hydrogen (secondary N) is 2. The third kappa shape index (κ3) is 6.04. The second-order valence-electron chi connectivity index (χ2n) is 10.7. The third-order valence-corrected chi connectivity index (χ3v) is 8.36. The number of alkyl carbamates (subject to hydrolysis) is 1. The SMILES string of the molecule is CCNC(=O)O[C@H](CC)C[C@H](C(C)C)N(C)C(=O)[C@@H](NC(=O)C12CCC(CC1)N2C)[C@@H](C)CC. The maximum absolute atomic E-state index is 13.8. The Morgan fingerprint density at radius 1 is 1.09 bits per heavy atom. The molecule has 0 aromatic heterocycles. The lowest BCUT2D eigenvalue weighted by Gasteiger charge is -2.38. The van der Waals surface area contributed by atoms with Crippen LogP contribution >= 0.6 is 0 Å². The van der Waals surface area contributed by atoms with Gasteiger partial charge in [0, 0.05) is 32.1 Å². The molecule has 2 aliphatic heterocycles. The van der Waals surface area contributed by atoms with Crippen LogP contribution in [-0.2, 0) is 14.3 Å². The lowest BCUT2D eigenvalue weighted by Crippen LogP contribution is -2.60. The molecule has 4 atom stereocenters. The van der Waals surface area contributed by atoms with Crippen LogP contribution in [0.1, 0.15) is 86.5 Å². The zero-order chi connectivity index (χ0) is 25.6. The van der Waals surface area contributed by atoms with Crippen molar-refractivity contribution in [3.63, 3.8) is 0 Å². The first kappa shape index (κ1) is 28.4. The molecule has 2 aliphatic rings. The van der Waals surface area contributed by atoms with Gasteiger partial charge in [-0.1, -0.05) is 41.0 Å². The summed E-state index contributed by atoms with van der Waals surface area (Å²) in [5.41, 5.74) is -0.472. The molecule has 196 valence electrons. The highest BCUT2D eigenvalue weighted by Crippen LogP contribution is 2.45. The molecule has 8 nitrogen and oxygen atoms in total. The molecule has 2 saturated heterocycles. The zero-order valence-electron chi connectivity index (χ0n) is 22.6. The van der Waals surface area contributed by atoms with E-state index >= 15 is 0 Å². The summed E-state index contributed by atoms with van der Waals surface area (Å²) in [6.45, 7) is 12.6. The number of carbonyl (C=O) groups excluding carboxylic acids is 3. The number of rotatable bonds is 12. The molecule has 2 fully saturated rings. The minimum Gasteiger partial charge on any atom is -0.446 e. The predicted octanol–water partition coefficient (Wildman–Crippen LogP) is 3.54. The highest BCUT2D eigenvalue weighted by atomic mass is 16.6. The number of carbonyl (C=O) groups is 3. The maximum atomic E-state index is 13.8. The Kier molecular flexibility index (Phi) is 10.2. The van der Waals surface area contributed by atoms with Crippen LogP contribution in [0.15, 0.2) is 0 Å². The van der Waals surface area contributed by atoms with Gasteiger partial charge < -0.3 is 20.3 Å². The van der Waals surface area contributed by atoms with Gasteiger partial charge in [-0.2, -0.15) is 0 Å². The fourth-order valence-electron chi connectivity index (χ4n) is 5.68. The normalized spacial score (nSPS) is 25.5. The Labute approximate surface area is 206 Å². The van der Waals surface area contributed by atoms with Crippen LogP contribution in [0.5, 0.6) is 0 Å². The van der Waals surface area contributed by atoms with Crippen LogP contribution in [0.2, 0.25) is 0 Å². The third-order valence-electron chi connectivity index (χ3n) is 8.36. The Morgan fingerprint density at radius 3 is 2.15 bits per heavy atom. The summed E-state index contributed by atoms with van der Waals surface area (Å²) >= 11 is 0. The van der Waals surface area contributed by atoms with E-state index in [2.05, 4.69) is 36.3 Å². The van der Waals surface area contributed by atoms with Gasteiger partial charge in [0.15, 0.2) is 0 Å². The molecule has 0 aliphatic carbocycles. The van der Waals surface area contributed by atoms with Crippen molar-refractivity contribution >= 4 is 17.9 Å². The summed E-state index contributed by atoms with van der Waals surface area (Å²) in [5, 5.41) is 5.86. The molecule has 0 aromatic carbocycles. The number of amides is 3. The van der Waals surface area contributed by atoms with E-state index in [4.69, 9.17) is 4.74 Å². The molecule has 2 N–H and O–H groups in total. The highest BCUT2D eigenvalue weighted by molar-refractivity contribution is 5.93. The van der Waals surface area contributed by atoms with Gasteiger partial charge in [-0.15, -0.1) is 0 Å². The Morgan fingerprint density at radius 2 is 1.71 bits per heavy atom. The molecule has 2 bridgehead atoms. The average Bonchev–Trinajstić information content (AvgIpc) is 3.31. The van der Waals surface area contributed by atoms with Gasteiger partial charge in [-0.3, -0.25) is 14.5 Å². The number of likely N-dealkylation sites (N-methyl/N-ethyl adjacent to an activating group) is 2. The maximum Gasteiger partial charge on any atom is 0.407 e. The van der Waals surface area contributed by atoms with Crippen molar-refractivity contribution in [2.45, 2.75) is 116 Å². The number of ether oxygens (including phenoxy) is 1. The van der Waals surface area contributed by atoms with Crippen LogP contribution in [-0.4, -0.2) is 78.1 Å². The van der Waals surface area contributed by atoms with Gasteiger partial charge in [-0.25, -0.2) is 4.79 Å². The van der Waals surface area contributed by atoms with Gasteiger partial charge in [0.1, 0.15) is 17.7 Å². The van der Waals surface area contributed by atoms with Crippen molar-refractivity contribution in [2.75, 3.05) is 20.6 Å². The summed E-state index contributed by atoms with van der Waals surface area (Å²) in [7, 11) is 3.86. The molecule has 8 heteroatoms. The highest BCUT2D eigenvalue weighted by Gasteiger charge is 2.55. The van der Waals surface area contributed by atoms with Gasteiger partial charge in [-0.05, 0) is 57.9 Å². The van der Waals surface area contributed by atoms with E-state index in [1.807, 2.05) is 34.9 Å². The van der Waals surface area contributed by atoms with Gasteiger partial charge in [0.2, 0.25) is 11.8 Å². The summed E-state index contributed by atoms with van der Waals surface area (Å²) in [6.07, 6.45) is 5.13. The van der Waals surface area contributed by atoms with Crippen molar-refractivity contribution in [1.82, 2.24) is 20.4 Å². The first-order valence-corrected chi connectivity index (χ1v) is 13.3. The molecule has 0 aromatic rings. The smallest absolute Gasteiger partial charge is 0.407 e. The van der Waals surface area contributed by atoms with Gasteiger partial charge in [0.25, 0.3) is 0 Å². The number of nitrogens with zero attached hydrogens (tertiary/aromatic N) is 2. The van der Waals surface area contributed by atoms with Crippen molar-refractivity contribution < 1.29 is 19.1 Å². The summed E-state index contributed by atoms with van der Waals surface area (Å²) in [5.74, 6) is 0.111. The minimum absolute atomic E-state index is 0.00542. The van der Waals surface area contributed by atoms with Crippen LogP contribution in [0.4, 0.5) is 4.79 Å². The standard InChI is InChI=1S/C26H48N4O4/c1-9-18(6)22(28-24(32)26-14-12-19(13-15-26)30(26)8)23(31)29(7)21(17(4)5)16-20(10-2)34-25(33)27-11-3/h17-22H,9-16H2,1-8H3,(H,27,33)(H,28,32)/t18-,19?,20+,21+,22-,26?/m0/s1. The van der Waals surface area contributed by atoms with E-state index < -0.39 is 17.7 Å². The van der Waals surface area contributed by atoms with Crippen LogP contribution in [0.25, 0.3) is 0 Å². The van der Waals surface area contributed by atoms with Crippen molar-refractivity contribution in [1.29, 1.82) is 0 Å². The molecule has 0 unspecified atom stereocenters. The molecule has 0 radical (unpaired) electrons. The van der Waals surface area contributed by atoms with Crippen LogP contribution < -0.4 is 10.6 Å². The molecular formula is C26H48N4O4. The lowest BCUT2D eigenvalue weighted by molar-refractivity contribution is -0.142. The summed E-state index contributed by atoms with van der Waals surface area (Å²) < 4.78 is 5.59. The number of hydrogen-bond donors (Lipinski definition) is 2. The average molecular weight is 481 g/mol. The van der Waals surface area contributed by atoms with Crippen LogP contribution in [0, 0.1) is 11.8 Å². The topological polar surface area (TPSA) is 91.0 Å². The first-order valence-electron chi connectivity index (χ1n) is 13.3. The van der Waals surface area contributed by atoms with Crippen molar-refractivity contribution in [3.8, 4) is 0 Å². The Balaban J connectivity index is 2.16. The van der Waals surface area contributed by atoms with Gasteiger partial charge in [0.05, 0.1) is 0 Å². The van der Waals surface area contributed by atoms with Gasteiger partial charge >= 0.3 is 6.09 Å². The monoisotopic (exact) mass is 480 g/mol. The second-order valence-corrected chi connectivity index (χ2v) is 10.7. The van der Waals surface area contributed by atoms with E-state index in [0.29, 0.717) is 25.4 Å². The number of fused-ring (bicyclic) bond motifs is 2. The molecule has 0 spiro atoms. The zero-order valence-corrected chi connectivity index (χ0v) is 22.6. The van der Waals surface area contributed by atoms with Crippen molar-refractivity contribution in [2.24, 2.45) is 11.8 Å². The Hall–Kier alpha value is -1.83. The summed E-state index contributed by atoms with van der Waals surface area (Å²) in [4.78, 5) is 43.3. The fraction of sp³-hybridized carbons (Fsp3) is 0.885. The van der Waals surface area contributed by atoms with E-state index in [1.54, 1.807) is 4.90 Å². The first-order chi connectivity index (χ1) is 16.0. The summed E-state index contributed by atoms with van der Waals surface area (Å²) in [6, 6.07) is -0.207. The lowest BCUT2D eigenvalue weighted by atomic mass is 9.86. The van der Waals surface area contributed by atoms with E-state index in [-0.39, 0.29) is 35.8 Å². The van der Waals surface area contributed by atoms with Crippen molar-refractivity contribution in [3.05, 3.63) is 0 Å². The largest absolute Gasteiger partial charge is 0.446 e. The molecule has 3 amide bonds. The van der Waals surface area contributed by atoms with E-state index in [1.165, 1.54) is 0 Å². The number of hydrogen-bond acceptors (Lipinski definition) is 5. The fourth-order valence-corrected chi connectivity index (χ4v) is 5.68. The molecule has 2 rings (SSSR count). The Bertz CT molecular complexity index is 705. The van der Waals surface area contributed by atoms with Crippen LogP contribution in [0.3, 0.4) is 0 Å². The molecule has 2 heterocycles. The molecule has 0 saturated carbocycles. The molecule has 34 heavy (non-hydrogen) atoms. The minimum atomic E-state index is -0.574. The predicted molar refractivity (Wildman–Crippen MR) is 134 cm³/mol. The van der Waals surface area contributed by atoms with E-state index in [9.17, 15) is 14.4 Å². The second kappa shape index (κ2) is 12.2. The molecular weight excluding hydrogens is 432 g/mol. The van der Waals surface area contributed by atoms with E-state index in [0.717, 1.165) is 32.1 Å². The quantitative estimate of drug-likeness (QED) is 0.446.